The van der Waals surface area contributed by atoms with E-state index in [0.29, 0.717) is 17.2 Å². The molecule has 8 nitrogen and oxygen atoms in total. The zero-order valence-corrected chi connectivity index (χ0v) is 15.9. The maximum Gasteiger partial charge on any atom is 0.292 e. The van der Waals surface area contributed by atoms with Crippen LogP contribution in [0.4, 0.5) is 0 Å². The molecule has 2 amide bonds. The second-order valence-electron chi connectivity index (χ2n) is 6.89. The van der Waals surface area contributed by atoms with E-state index in [2.05, 4.69) is 15.5 Å². The number of aliphatic hydroxyl groups excluding tert-OH is 1. The fourth-order valence-electron chi connectivity index (χ4n) is 3.81. The van der Waals surface area contributed by atoms with Crippen LogP contribution in [-0.2, 0) is 13.0 Å². The van der Waals surface area contributed by atoms with Crippen LogP contribution in [0.25, 0.3) is 0 Å². The SMILES string of the molecule is O=C(NCCO)c1ccc([C@H]2CCCN2C(=O)c2nnc3n2CCCC3)s1. The predicted octanol–water partition coefficient (Wildman–Crippen LogP) is 1.38. The summed E-state index contributed by atoms with van der Waals surface area (Å²) < 4.78 is 1.96. The molecule has 4 rings (SSSR count). The summed E-state index contributed by atoms with van der Waals surface area (Å²) in [6.45, 7) is 1.64. The van der Waals surface area contributed by atoms with Gasteiger partial charge in [-0.3, -0.25) is 9.59 Å². The first-order chi connectivity index (χ1) is 13.2. The number of nitrogens with one attached hydrogen (secondary N) is 1. The van der Waals surface area contributed by atoms with Crippen LogP contribution >= 0.6 is 11.3 Å². The Labute approximate surface area is 161 Å². The van der Waals surface area contributed by atoms with E-state index in [9.17, 15) is 9.59 Å². The van der Waals surface area contributed by atoms with E-state index >= 15 is 0 Å². The second-order valence-corrected chi connectivity index (χ2v) is 8.00. The van der Waals surface area contributed by atoms with Gasteiger partial charge in [0.25, 0.3) is 11.8 Å². The zero-order chi connectivity index (χ0) is 18.8. The summed E-state index contributed by atoms with van der Waals surface area (Å²) in [4.78, 5) is 28.7. The van der Waals surface area contributed by atoms with Gasteiger partial charge in [-0.1, -0.05) is 0 Å². The van der Waals surface area contributed by atoms with E-state index in [0.717, 1.165) is 49.4 Å². The highest BCUT2D eigenvalue weighted by Gasteiger charge is 2.35. The minimum Gasteiger partial charge on any atom is -0.395 e. The topological polar surface area (TPSA) is 100 Å². The van der Waals surface area contributed by atoms with Crippen molar-refractivity contribution in [3.05, 3.63) is 33.5 Å². The molecule has 2 aromatic heterocycles. The average Bonchev–Trinajstić information content (AvgIpc) is 3.43. The molecule has 1 fully saturated rings. The van der Waals surface area contributed by atoms with Crippen molar-refractivity contribution in [2.75, 3.05) is 19.7 Å². The lowest BCUT2D eigenvalue weighted by atomic mass is 10.1. The lowest BCUT2D eigenvalue weighted by molar-refractivity contribution is 0.0718. The number of carbonyl (C=O) groups excluding carboxylic acids is 2. The van der Waals surface area contributed by atoms with Crippen LogP contribution in [0.15, 0.2) is 12.1 Å². The highest BCUT2D eigenvalue weighted by molar-refractivity contribution is 7.14. The van der Waals surface area contributed by atoms with Gasteiger partial charge in [0.05, 0.1) is 17.5 Å². The van der Waals surface area contributed by atoms with Crippen molar-refractivity contribution in [1.29, 1.82) is 0 Å². The molecule has 9 heteroatoms. The maximum atomic E-state index is 13.1. The van der Waals surface area contributed by atoms with E-state index in [-0.39, 0.29) is 31.0 Å². The molecule has 0 spiro atoms. The number of aromatic nitrogens is 3. The molecule has 4 heterocycles. The minimum atomic E-state index is -0.192. The number of hydrogen-bond acceptors (Lipinski definition) is 6. The van der Waals surface area contributed by atoms with Crippen LogP contribution in [0.5, 0.6) is 0 Å². The van der Waals surface area contributed by atoms with Gasteiger partial charge < -0.3 is 19.9 Å². The van der Waals surface area contributed by atoms with Crippen LogP contribution in [0.1, 0.15) is 62.7 Å². The number of rotatable bonds is 5. The molecule has 1 saturated heterocycles. The summed E-state index contributed by atoms with van der Waals surface area (Å²) in [6, 6.07) is 3.68. The van der Waals surface area contributed by atoms with Crippen LogP contribution in [0.3, 0.4) is 0 Å². The van der Waals surface area contributed by atoms with Crippen molar-refractivity contribution in [2.24, 2.45) is 0 Å². The average molecular weight is 389 g/mol. The molecule has 0 radical (unpaired) electrons. The van der Waals surface area contributed by atoms with Gasteiger partial charge in [0.15, 0.2) is 0 Å². The van der Waals surface area contributed by atoms with E-state index in [1.165, 1.54) is 11.3 Å². The molecular formula is C18H23N5O3S. The number of amides is 2. The lowest BCUT2D eigenvalue weighted by Crippen LogP contribution is -2.33. The number of thiophene rings is 1. The molecule has 0 bridgehead atoms. The summed E-state index contributed by atoms with van der Waals surface area (Å²) in [5.41, 5.74) is 0. The normalized spacial score (nSPS) is 19.1. The number of fused-ring (bicyclic) bond motifs is 1. The van der Waals surface area contributed by atoms with Gasteiger partial charge in [0, 0.05) is 30.9 Å². The van der Waals surface area contributed by atoms with Crippen molar-refractivity contribution >= 4 is 23.2 Å². The first-order valence-corrected chi connectivity index (χ1v) is 10.2. The number of hydrogen-bond donors (Lipinski definition) is 2. The molecule has 2 aliphatic heterocycles. The molecule has 0 aliphatic carbocycles. The fourth-order valence-corrected chi connectivity index (χ4v) is 4.88. The fraction of sp³-hybridized carbons (Fsp3) is 0.556. The number of aliphatic hydroxyl groups is 1. The third-order valence-corrected chi connectivity index (χ3v) is 6.33. The summed E-state index contributed by atoms with van der Waals surface area (Å²) >= 11 is 1.41. The Hall–Kier alpha value is -2.26. The van der Waals surface area contributed by atoms with E-state index in [1.807, 2.05) is 15.5 Å². The quantitative estimate of drug-likeness (QED) is 0.805. The third kappa shape index (κ3) is 3.49. The Balaban J connectivity index is 1.53. The Morgan fingerprint density at radius 3 is 2.96 bits per heavy atom. The summed E-state index contributed by atoms with van der Waals surface area (Å²) in [5, 5.41) is 19.9. The molecular weight excluding hydrogens is 366 g/mol. The van der Waals surface area contributed by atoms with Crippen LogP contribution in [0, 0.1) is 0 Å². The minimum absolute atomic E-state index is 0.0292. The van der Waals surface area contributed by atoms with E-state index in [4.69, 9.17) is 5.11 Å². The molecule has 144 valence electrons. The third-order valence-electron chi connectivity index (χ3n) is 5.14. The summed E-state index contributed by atoms with van der Waals surface area (Å²) in [7, 11) is 0. The number of carbonyl (C=O) groups is 2. The van der Waals surface area contributed by atoms with E-state index < -0.39 is 0 Å². The van der Waals surface area contributed by atoms with Gasteiger partial charge in [-0.2, -0.15) is 0 Å². The Kier molecular flexibility index (Phi) is 5.22. The van der Waals surface area contributed by atoms with Crippen molar-refractivity contribution in [1.82, 2.24) is 25.0 Å². The van der Waals surface area contributed by atoms with Gasteiger partial charge in [-0.15, -0.1) is 21.5 Å². The molecule has 2 N–H and O–H groups in total. The van der Waals surface area contributed by atoms with Gasteiger partial charge in [0.2, 0.25) is 5.82 Å². The largest absolute Gasteiger partial charge is 0.395 e. The molecule has 0 saturated carbocycles. The highest BCUT2D eigenvalue weighted by atomic mass is 32.1. The molecule has 0 unspecified atom stereocenters. The van der Waals surface area contributed by atoms with E-state index in [1.54, 1.807) is 6.07 Å². The highest BCUT2D eigenvalue weighted by Crippen LogP contribution is 2.37. The number of nitrogens with zero attached hydrogens (tertiary/aromatic N) is 4. The van der Waals surface area contributed by atoms with Crippen molar-refractivity contribution in [3.63, 3.8) is 0 Å². The molecule has 1 atom stereocenters. The first kappa shape index (κ1) is 18.1. The summed E-state index contributed by atoms with van der Waals surface area (Å²) in [5.74, 6) is 1.08. The lowest BCUT2D eigenvalue weighted by Gasteiger charge is -2.24. The number of aryl methyl sites for hydroxylation is 1. The van der Waals surface area contributed by atoms with Crippen molar-refractivity contribution < 1.29 is 14.7 Å². The van der Waals surface area contributed by atoms with Crippen LogP contribution in [-0.4, -0.2) is 56.3 Å². The monoisotopic (exact) mass is 389 g/mol. The van der Waals surface area contributed by atoms with Gasteiger partial charge in [0.1, 0.15) is 5.82 Å². The van der Waals surface area contributed by atoms with Crippen molar-refractivity contribution in [2.45, 2.75) is 44.7 Å². The predicted molar refractivity (Wildman–Crippen MR) is 99.7 cm³/mol. The smallest absolute Gasteiger partial charge is 0.292 e. The molecule has 2 aliphatic rings. The molecule has 27 heavy (non-hydrogen) atoms. The van der Waals surface area contributed by atoms with Crippen LogP contribution in [0.2, 0.25) is 0 Å². The van der Waals surface area contributed by atoms with Gasteiger partial charge in [-0.05, 0) is 37.8 Å². The molecule has 2 aromatic rings. The number of likely N-dealkylation sites (tertiary alicyclic amines) is 1. The Morgan fingerprint density at radius 2 is 2.11 bits per heavy atom. The second kappa shape index (κ2) is 7.77. The van der Waals surface area contributed by atoms with Gasteiger partial charge in [-0.25, -0.2) is 0 Å². The van der Waals surface area contributed by atoms with Crippen LogP contribution < -0.4 is 5.32 Å². The first-order valence-electron chi connectivity index (χ1n) is 9.41. The summed E-state index contributed by atoms with van der Waals surface area (Å²) in [6.07, 6.45) is 4.83. The Bertz CT molecular complexity index is 846. The zero-order valence-electron chi connectivity index (χ0n) is 15.1. The standard InChI is InChI=1S/C18H23N5O3S/c24-11-8-19-17(25)14-7-6-13(27-14)12-4-3-10-22(12)18(26)16-21-20-15-5-1-2-9-23(15)16/h6-7,12,24H,1-5,8-11H2,(H,19,25)/t12-/m1/s1. The Morgan fingerprint density at radius 1 is 1.22 bits per heavy atom. The van der Waals surface area contributed by atoms with Crippen molar-refractivity contribution in [3.8, 4) is 0 Å². The molecule has 0 aromatic carbocycles. The maximum absolute atomic E-state index is 13.1. The van der Waals surface area contributed by atoms with Gasteiger partial charge >= 0.3 is 0 Å².